The van der Waals surface area contributed by atoms with Gasteiger partial charge in [-0.3, -0.25) is 4.68 Å². The molecule has 0 bridgehead atoms. The van der Waals surface area contributed by atoms with Crippen LogP contribution in [0.2, 0.25) is 0 Å². The van der Waals surface area contributed by atoms with Gasteiger partial charge in [0.1, 0.15) is 0 Å². The molecule has 1 fully saturated rings. The Bertz CT molecular complexity index is 513. The standard InChI is InChI=1S/C15H27N5/c1-7-16-14(18-13-8-15(13,4)5)17-9-12-10(2)19-20(6)11(12)3/h13H,7-9H2,1-6H3,(H2,16,17,18). The van der Waals surface area contributed by atoms with Crippen LogP contribution in [0, 0.1) is 19.3 Å². The quantitative estimate of drug-likeness (QED) is 0.653. The van der Waals surface area contributed by atoms with Crippen LogP contribution in [0.5, 0.6) is 0 Å². The summed E-state index contributed by atoms with van der Waals surface area (Å²) in [6, 6.07) is 0.538. The van der Waals surface area contributed by atoms with E-state index in [2.05, 4.69) is 43.4 Å². The Morgan fingerprint density at radius 2 is 2.10 bits per heavy atom. The van der Waals surface area contributed by atoms with Crippen LogP contribution in [0.3, 0.4) is 0 Å². The SMILES string of the molecule is CCNC(=NCc1c(C)nn(C)c1C)NC1CC1(C)C. The van der Waals surface area contributed by atoms with Crippen LogP contribution >= 0.6 is 0 Å². The molecule has 0 radical (unpaired) electrons. The Balaban J connectivity index is 2.05. The first-order valence-electron chi connectivity index (χ1n) is 7.39. The third kappa shape index (κ3) is 3.14. The number of nitrogens with zero attached hydrogens (tertiary/aromatic N) is 3. The van der Waals surface area contributed by atoms with E-state index >= 15 is 0 Å². The summed E-state index contributed by atoms with van der Waals surface area (Å²) in [5.41, 5.74) is 3.88. The predicted octanol–water partition coefficient (Wildman–Crippen LogP) is 1.89. The van der Waals surface area contributed by atoms with Gasteiger partial charge < -0.3 is 10.6 Å². The van der Waals surface area contributed by atoms with Crippen molar-refractivity contribution < 1.29 is 0 Å². The average molecular weight is 277 g/mol. The van der Waals surface area contributed by atoms with Crippen molar-refractivity contribution in [2.45, 2.75) is 53.6 Å². The number of hydrogen-bond donors (Lipinski definition) is 2. The molecule has 2 rings (SSSR count). The zero-order valence-electron chi connectivity index (χ0n) is 13.5. The summed E-state index contributed by atoms with van der Waals surface area (Å²) in [7, 11) is 1.98. The fourth-order valence-corrected chi connectivity index (χ4v) is 2.40. The molecule has 0 aliphatic heterocycles. The van der Waals surface area contributed by atoms with Gasteiger partial charge in [-0.15, -0.1) is 0 Å². The minimum absolute atomic E-state index is 0.399. The highest BCUT2D eigenvalue weighted by atomic mass is 15.3. The molecule has 1 heterocycles. The second kappa shape index (κ2) is 5.46. The van der Waals surface area contributed by atoms with Crippen molar-refractivity contribution in [2.24, 2.45) is 17.5 Å². The molecule has 0 aromatic carbocycles. The van der Waals surface area contributed by atoms with Gasteiger partial charge in [0.05, 0.1) is 12.2 Å². The number of rotatable bonds is 4. The molecule has 1 aromatic heterocycles. The van der Waals surface area contributed by atoms with E-state index in [1.54, 1.807) is 0 Å². The van der Waals surface area contributed by atoms with Crippen LogP contribution in [0.4, 0.5) is 0 Å². The van der Waals surface area contributed by atoms with Gasteiger partial charge in [-0.1, -0.05) is 13.8 Å². The van der Waals surface area contributed by atoms with Gasteiger partial charge in [-0.2, -0.15) is 5.10 Å². The number of hydrogen-bond acceptors (Lipinski definition) is 2. The lowest BCUT2D eigenvalue weighted by atomic mass is 10.2. The van der Waals surface area contributed by atoms with Crippen LogP contribution in [0.25, 0.3) is 0 Å². The van der Waals surface area contributed by atoms with E-state index in [-0.39, 0.29) is 0 Å². The largest absolute Gasteiger partial charge is 0.357 e. The number of nitrogens with one attached hydrogen (secondary N) is 2. The molecule has 1 aliphatic carbocycles. The maximum Gasteiger partial charge on any atom is 0.191 e. The average Bonchev–Trinajstić information content (AvgIpc) is 2.87. The van der Waals surface area contributed by atoms with Crippen LogP contribution in [0.15, 0.2) is 4.99 Å². The van der Waals surface area contributed by atoms with Crippen LogP contribution in [-0.2, 0) is 13.6 Å². The molecule has 5 heteroatoms. The topological polar surface area (TPSA) is 54.2 Å². The molecule has 112 valence electrons. The third-order valence-corrected chi connectivity index (χ3v) is 4.22. The molecule has 0 amide bonds. The van der Waals surface area contributed by atoms with Crippen LogP contribution in [-0.4, -0.2) is 28.3 Å². The number of aromatic nitrogens is 2. The van der Waals surface area contributed by atoms with E-state index in [1.807, 2.05) is 18.7 Å². The molecule has 2 N–H and O–H groups in total. The van der Waals surface area contributed by atoms with E-state index in [1.165, 1.54) is 17.7 Å². The summed E-state index contributed by atoms with van der Waals surface area (Å²) in [5, 5.41) is 11.3. The highest BCUT2D eigenvalue weighted by molar-refractivity contribution is 5.80. The zero-order chi connectivity index (χ0) is 14.9. The zero-order valence-corrected chi connectivity index (χ0v) is 13.5. The predicted molar refractivity (Wildman–Crippen MR) is 82.8 cm³/mol. The van der Waals surface area contributed by atoms with Gasteiger partial charge in [-0.25, -0.2) is 4.99 Å². The molecule has 1 aliphatic rings. The van der Waals surface area contributed by atoms with Gasteiger partial charge in [0, 0.05) is 30.9 Å². The number of guanidine groups is 1. The molecule has 5 nitrogen and oxygen atoms in total. The van der Waals surface area contributed by atoms with E-state index in [0.717, 1.165) is 18.2 Å². The summed E-state index contributed by atoms with van der Waals surface area (Å²) < 4.78 is 1.92. The lowest BCUT2D eigenvalue weighted by Gasteiger charge is -2.12. The normalized spacial score (nSPS) is 20.9. The maximum atomic E-state index is 4.71. The summed E-state index contributed by atoms with van der Waals surface area (Å²) >= 11 is 0. The second-order valence-electron chi connectivity index (χ2n) is 6.36. The fraction of sp³-hybridized carbons (Fsp3) is 0.733. The minimum atomic E-state index is 0.399. The van der Waals surface area contributed by atoms with Gasteiger partial charge in [0.2, 0.25) is 0 Å². The fourth-order valence-electron chi connectivity index (χ4n) is 2.40. The van der Waals surface area contributed by atoms with E-state index in [9.17, 15) is 0 Å². The Kier molecular flexibility index (Phi) is 4.06. The maximum absolute atomic E-state index is 4.71. The number of aliphatic imine (C=N–C) groups is 1. The summed E-state index contributed by atoms with van der Waals surface area (Å²) in [5.74, 6) is 0.908. The summed E-state index contributed by atoms with van der Waals surface area (Å²) in [6.07, 6.45) is 1.21. The Morgan fingerprint density at radius 3 is 2.55 bits per heavy atom. The lowest BCUT2D eigenvalue weighted by molar-refractivity contribution is 0.589. The van der Waals surface area contributed by atoms with Gasteiger partial charge >= 0.3 is 0 Å². The molecule has 1 atom stereocenters. The first-order chi connectivity index (χ1) is 9.35. The monoisotopic (exact) mass is 277 g/mol. The molecule has 1 saturated carbocycles. The van der Waals surface area contributed by atoms with Crippen LogP contribution in [0.1, 0.15) is 44.1 Å². The Morgan fingerprint density at radius 1 is 1.45 bits per heavy atom. The van der Waals surface area contributed by atoms with Crippen molar-refractivity contribution in [3.63, 3.8) is 0 Å². The lowest BCUT2D eigenvalue weighted by Crippen LogP contribution is -2.39. The second-order valence-corrected chi connectivity index (χ2v) is 6.36. The molecule has 0 saturated heterocycles. The third-order valence-electron chi connectivity index (χ3n) is 4.22. The van der Waals surface area contributed by atoms with E-state index in [0.29, 0.717) is 18.0 Å². The molecular weight excluding hydrogens is 250 g/mol. The van der Waals surface area contributed by atoms with Gasteiger partial charge in [0.25, 0.3) is 0 Å². The smallest absolute Gasteiger partial charge is 0.191 e. The Hall–Kier alpha value is -1.52. The molecule has 0 spiro atoms. The van der Waals surface area contributed by atoms with Crippen molar-refractivity contribution in [1.82, 2.24) is 20.4 Å². The first kappa shape index (κ1) is 14.9. The molecule has 1 aromatic rings. The van der Waals surface area contributed by atoms with E-state index in [4.69, 9.17) is 4.99 Å². The van der Waals surface area contributed by atoms with Gasteiger partial charge in [0.15, 0.2) is 5.96 Å². The summed E-state index contributed by atoms with van der Waals surface area (Å²) in [4.78, 5) is 4.71. The minimum Gasteiger partial charge on any atom is -0.357 e. The number of aryl methyl sites for hydroxylation is 2. The van der Waals surface area contributed by atoms with Crippen molar-refractivity contribution in [2.75, 3.05) is 6.54 Å². The van der Waals surface area contributed by atoms with Crippen molar-refractivity contribution in [1.29, 1.82) is 0 Å². The first-order valence-corrected chi connectivity index (χ1v) is 7.39. The van der Waals surface area contributed by atoms with Gasteiger partial charge in [-0.05, 0) is 32.6 Å². The van der Waals surface area contributed by atoms with Crippen molar-refractivity contribution >= 4 is 5.96 Å². The Labute approximate surface area is 121 Å². The highest BCUT2D eigenvalue weighted by Gasteiger charge is 2.46. The van der Waals surface area contributed by atoms with Crippen molar-refractivity contribution in [3.05, 3.63) is 17.0 Å². The molecular formula is C15H27N5. The van der Waals surface area contributed by atoms with Crippen molar-refractivity contribution in [3.8, 4) is 0 Å². The van der Waals surface area contributed by atoms with E-state index < -0.39 is 0 Å². The molecule has 20 heavy (non-hydrogen) atoms. The highest BCUT2D eigenvalue weighted by Crippen LogP contribution is 2.44. The molecule has 1 unspecified atom stereocenters. The van der Waals surface area contributed by atoms with Crippen LogP contribution < -0.4 is 10.6 Å². The summed E-state index contributed by atoms with van der Waals surface area (Å²) in [6.45, 7) is 12.3.